The molecule has 1 aromatic rings. The zero-order valence-corrected chi connectivity index (χ0v) is 15.4. The molecule has 3 aliphatic rings. The summed E-state index contributed by atoms with van der Waals surface area (Å²) in [6.45, 7) is 3.64. The number of fused-ring (bicyclic) bond motifs is 2. The molecule has 1 N–H and O–H groups in total. The number of rotatable bonds is 4. The molecule has 1 aromatic heterocycles. The molecule has 6 heteroatoms. The molecule has 1 spiro atoms. The van der Waals surface area contributed by atoms with E-state index in [4.69, 9.17) is 4.74 Å². The number of carbonyl (C=O) groups is 1. The molecular formula is C18H27N3O2S. The summed E-state index contributed by atoms with van der Waals surface area (Å²) in [4.78, 5) is 20.1. The maximum atomic E-state index is 12.7. The molecule has 1 aliphatic heterocycles. The number of ether oxygens (including phenoxy) is 1. The Morgan fingerprint density at radius 1 is 1.50 bits per heavy atom. The summed E-state index contributed by atoms with van der Waals surface area (Å²) >= 11 is 1.71. The number of aromatic nitrogens is 1. The van der Waals surface area contributed by atoms with Gasteiger partial charge in [-0.3, -0.25) is 0 Å². The predicted octanol–water partition coefficient (Wildman–Crippen LogP) is 2.98. The number of nitrogens with zero attached hydrogens (tertiary/aromatic N) is 2. The van der Waals surface area contributed by atoms with E-state index in [1.54, 1.807) is 11.3 Å². The van der Waals surface area contributed by atoms with Gasteiger partial charge in [-0.2, -0.15) is 0 Å². The lowest BCUT2D eigenvalue weighted by atomic mass is 9.54. The number of carbonyl (C=O) groups excluding carboxylic acids is 1. The van der Waals surface area contributed by atoms with Crippen molar-refractivity contribution < 1.29 is 9.53 Å². The summed E-state index contributed by atoms with van der Waals surface area (Å²) < 4.78 is 6.00. The zero-order valence-electron chi connectivity index (χ0n) is 14.6. The third-order valence-corrected chi connectivity index (χ3v) is 7.21. The van der Waals surface area contributed by atoms with Crippen LogP contribution in [0.2, 0.25) is 0 Å². The Balaban J connectivity index is 1.34. The van der Waals surface area contributed by atoms with Crippen LogP contribution in [0.4, 0.5) is 4.79 Å². The van der Waals surface area contributed by atoms with Gasteiger partial charge in [-0.05, 0) is 26.2 Å². The van der Waals surface area contributed by atoms with Gasteiger partial charge in [0.25, 0.3) is 0 Å². The monoisotopic (exact) mass is 349 g/mol. The normalized spacial score (nSPS) is 30.2. The number of hydrogen-bond donors (Lipinski definition) is 1. The number of amides is 2. The molecule has 24 heavy (non-hydrogen) atoms. The molecule has 3 atom stereocenters. The summed E-state index contributed by atoms with van der Waals surface area (Å²) in [6.07, 6.45) is 9.19. The first-order valence-corrected chi connectivity index (χ1v) is 9.96. The minimum absolute atomic E-state index is 0.0601. The molecule has 0 bridgehead atoms. The Morgan fingerprint density at radius 3 is 3.00 bits per heavy atom. The number of likely N-dealkylation sites (N-methyl/N-ethyl adjacent to an activating group) is 1. The maximum absolute atomic E-state index is 12.7. The lowest BCUT2D eigenvalue weighted by molar-refractivity contribution is -0.126. The first kappa shape index (κ1) is 16.3. The molecule has 0 unspecified atom stereocenters. The van der Waals surface area contributed by atoms with Crippen molar-refractivity contribution in [1.29, 1.82) is 0 Å². The molecule has 0 radical (unpaired) electrons. The van der Waals surface area contributed by atoms with Gasteiger partial charge in [-0.15, -0.1) is 11.3 Å². The van der Waals surface area contributed by atoms with E-state index < -0.39 is 0 Å². The molecule has 132 valence electrons. The van der Waals surface area contributed by atoms with Crippen LogP contribution in [0.3, 0.4) is 0 Å². The minimum Gasteiger partial charge on any atom is -0.377 e. The molecular weight excluding hydrogens is 322 g/mol. The number of urea groups is 1. The molecule has 2 amide bonds. The van der Waals surface area contributed by atoms with Gasteiger partial charge in [0.2, 0.25) is 0 Å². The van der Waals surface area contributed by atoms with Crippen LogP contribution in [0.15, 0.2) is 6.20 Å². The van der Waals surface area contributed by atoms with E-state index in [-0.39, 0.29) is 11.4 Å². The fourth-order valence-corrected chi connectivity index (χ4v) is 5.81. The van der Waals surface area contributed by atoms with Gasteiger partial charge in [-0.25, -0.2) is 9.78 Å². The average molecular weight is 350 g/mol. The van der Waals surface area contributed by atoms with Crippen molar-refractivity contribution in [3.63, 3.8) is 0 Å². The second-order valence-electron chi connectivity index (χ2n) is 7.65. The smallest absolute Gasteiger partial charge is 0.317 e. The van der Waals surface area contributed by atoms with E-state index in [1.165, 1.54) is 30.6 Å². The van der Waals surface area contributed by atoms with Crippen molar-refractivity contribution in [2.45, 2.75) is 57.6 Å². The van der Waals surface area contributed by atoms with Crippen molar-refractivity contribution in [2.75, 3.05) is 20.2 Å². The third-order valence-electron chi connectivity index (χ3n) is 6.24. The van der Waals surface area contributed by atoms with E-state index in [2.05, 4.69) is 17.2 Å². The standard InChI is InChI=1S/C18H27N3O2S/c1-12-11-19-14(24-12)5-9-21(2)17(22)20-15-13-6-10-23-16(13)18(15)7-3-4-8-18/h11,13,15-16H,3-10H2,1-2H3,(H,20,22)/t13-,15-,16+/m1/s1. The van der Waals surface area contributed by atoms with Crippen LogP contribution in [-0.4, -0.2) is 48.3 Å². The largest absolute Gasteiger partial charge is 0.377 e. The summed E-state index contributed by atoms with van der Waals surface area (Å²) in [7, 11) is 1.89. The second kappa shape index (κ2) is 6.30. The van der Waals surface area contributed by atoms with Crippen molar-refractivity contribution in [3.05, 3.63) is 16.1 Å². The fraction of sp³-hybridized carbons (Fsp3) is 0.778. The van der Waals surface area contributed by atoms with Crippen LogP contribution >= 0.6 is 11.3 Å². The topological polar surface area (TPSA) is 54.5 Å². The lowest BCUT2D eigenvalue weighted by Crippen LogP contribution is -2.69. The molecule has 4 rings (SSSR count). The van der Waals surface area contributed by atoms with Crippen molar-refractivity contribution >= 4 is 17.4 Å². The summed E-state index contributed by atoms with van der Waals surface area (Å²) in [6, 6.07) is 0.370. The Morgan fingerprint density at radius 2 is 2.29 bits per heavy atom. The summed E-state index contributed by atoms with van der Waals surface area (Å²) in [5, 5.41) is 4.46. The van der Waals surface area contributed by atoms with Gasteiger partial charge < -0.3 is 15.0 Å². The summed E-state index contributed by atoms with van der Waals surface area (Å²) in [5.74, 6) is 0.530. The first-order chi connectivity index (χ1) is 11.6. The van der Waals surface area contributed by atoms with Gasteiger partial charge >= 0.3 is 6.03 Å². The lowest BCUT2D eigenvalue weighted by Gasteiger charge is -2.56. The first-order valence-electron chi connectivity index (χ1n) is 9.15. The van der Waals surface area contributed by atoms with Crippen LogP contribution in [0, 0.1) is 18.3 Å². The van der Waals surface area contributed by atoms with Gasteiger partial charge in [0, 0.05) is 55.1 Å². The Bertz CT molecular complexity index is 611. The Hall–Kier alpha value is -1.14. The van der Waals surface area contributed by atoms with Gasteiger partial charge in [-0.1, -0.05) is 12.8 Å². The minimum atomic E-state index is 0.0601. The third kappa shape index (κ3) is 2.64. The average Bonchev–Trinajstić information content (AvgIpc) is 3.29. The van der Waals surface area contributed by atoms with Gasteiger partial charge in [0.05, 0.1) is 11.1 Å². The van der Waals surface area contributed by atoms with E-state index in [9.17, 15) is 4.79 Å². The molecule has 5 nitrogen and oxygen atoms in total. The van der Waals surface area contributed by atoms with Crippen LogP contribution in [0.25, 0.3) is 0 Å². The summed E-state index contributed by atoms with van der Waals surface area (Å²) in [5.41, 5.74) is 0.226. The number of thiazole rings is 1. The molecule has 2 heterocycles. The molecule has 1 saturated heterocycles. The maximum Gasteiger partial charge on any atom is 0.317 e. The van der Waals surface area contributed by atoms with Crippen LogP contribution in [-0.2, 0) is 11.2 Å². The SMILES string of the molecule is Cc1cnc(CCN(C)C(=O)N[C@@H]2[C@H]3CCO[C@@H]3C23CCCC3)s1. The highest BCUT2D eigenvalue weighted by molar-refractivity contribution is 7.11. The Kier molecular flexibility index (Phi) is 4.29. The molecule has 3 fully saturated rings. The van der Waals surface area contributed by atoms with Crippen LogP contribution < -0.4 is 5.32 Å². The highest BCUT2D eigenvalue weighted by Crippen LogP contribution is 2.60. The molecule has 2 aliphatic carbocycles. The van der Waals surface area contributed by atoms with Gasteiger partial charge in [0.1, 0.15) is 0 Å². The second-order valence-corrected chi connectivity index (χ2v) is 8.97. The zero-order chi connectivity index (χ0) is 16.7. The van der Waals surface area contributed by atoms with Crippen LogP contribution in [0.5, 0.6) is 0 Å². The van der Waals surface area contributed by atoms with Crippen molar-refractivity contribution in [1.82, 2.24) is 15.2 Å². The molecule has 0 aromatic carbocycles. The van der Waals surface area contributed by atoms with Crippen LogP contribution in [0.1, 0.15) is 42.0 Å². The number of hydrogen-bond acceptors (Lipinski definition) is 4. The van der Waals surface area contributed by atoms with Crippen molar-refractivity contribution in [3.8, 4) is 0 Å². The van der Waals surface area contributed by atoms with E-state index >= 15 is 0 Å². The predicted molar refractivity (Wildman–Crippen MR) is 94.3 cm³/mol. The van der Waals surface area contributed by atoms with E-state index in [0.717, 1.165) is 24.5 Å². The quantitative estimate of drug-likeness (QED) is 0.909. The Labute approximate surface area is 147 Å². The highest BCUT2D eigenvalue weighted by Gasteiger charge is 2.65. The van der Waals surface area contributed by atoms with Gasteiger partial charge in [0.15, 0.2) is 0 Å². The highest BCUT2D eigenvalue weighted by atomic mass is 32.1. The number of aryl methyl sites for hydroxylation is 1. The van der Waals surface area contributed by atoms with E-state index in [0.29, 0.717) is 24.6 Å². The number of nitrogens with one attached hydrogen (secondary N) is 1. The fourth-order valence-electron chi connectivity index (χ4n) is 5.03. The molecule has 2 saturated carbocycles. The van der Waals surface area contributed by atoms with E-state index in [1.807, 2.05) is 18.1 Å². The van der Waals surface area contributed by atoms with Crippen molar-refractivity contribution in [2.24, 2.45) is 11.3 Å².